The molecule has 0 N–H and O–H groups in total. The van der Waals surface area contributed by atoms with Crippen LogP contribution in [0.5, 0.6) is 0 Å². The molecule has 2 rings (SSSR count). The topological polar surface area (TPSA) is 61.8 Å². The molecule has 5 nitrogen and oxygen atoms in total. The summed E-state index contributed by atoms with van der Waals surface area (Å²) in [7, 11) is -1.97. The molecule has 0 aromatic carbocycles. The van der Waals surface area contributed by atoms with Crippen molar-refractivity contribution in [3.63, 3.8) is 0 Å². The van der Waals surface area contributed by atoms with E-state index in [-0.39, 0.29) is 34.9 Å². The van der Waals surface area contributed by atoms with Crippen LogP contribution in [0.1, 0.15) is 48.0 Å². The van der Waals surface area contributed by atoms with E-state index in [4.69, 9.17) is 13.9 Å². The summed E-state index contributed by atoms with van der Waals surface area (Å²) in [5.74, 6) is -1.79. The van der Waals surface area contributed by atoms with Gasteiger partial charge in [-0.1, -0.05) is 39.3 Å². The second kappa shape index (κ2) is 8.07. The van der Waals surface area contributed by atoms with E-state index >= 15 is 0 Å². The van der Waals surface area contributed by atoms with Crippen molar-refractivity contribution in [1.29, 1.82) is 0 Å². The van der Waals surface area contributed by atoms with Crippen molar-refractivity contribution in [2.24, 2.45) is 23.7 Å². The summed E-state index contributed by atoms with van der Waals surface area (Å²) in [6.07, 6.45) is 2.73. The summed E-state index contributed by atoms with van der Waals surface area (Å²) in [5.41, 5.74) is 1.10. The van der Waals surface area contributed by atoms with E-state index in [1.54, 1.807) is 6.92 Å². The molecule has 154 valence electrons. The van der Waals surface area contributed by atoms with Crippen molar-refractivity contribution in [2.45, 2.75) is 72.2 Å². The SMILES string of the molecule is CCOC(=O)[C@H]1[C@@H]2C(=O)O[C@H](CC)[C@H]2C=C(C)[C@H]1CO[Si](C)(C)C(C)(C)C. The van der Waals surface area contributed by atoms with Crippen molar-refractivity contribution in [1.82, 2.24) is 0 Å². The standard InChI is InChI=1S/C21H36O5Si/c1-9-16-14-11-13(3)15(12-25-27(7,8)21(4,5)6)18(19(22)24-10-2)17(14)20(23)26-16/h11,14-18H,9-10,12H2,1-8H3/t14-,15-,16-,17-,18-/m1/s1. The molecule has 1 saturated heterocycles. The van der Waals surface area contributed by atoms with E-state index in [0.717, 1.165) is 12.0 Å². The van der Waals surface area contributed by atoms with Crippen LogP contribution in [0, 0.1) is 23.7 Å². The van der Waals surface area contributed by atoms with Gasteiger partial charge >= 0.3 is 11.9 Å². The minimum atomic E-state index is -1.97. The predicted molar refractivity (Wildman–Crippen MR) is 108 cm³/mol. The van der Waals surface area contributed by atoms with E-state index in [2.05, 4.69) is 39.9 Å². The lowest BCUT2D eigenvalue weighted by Crippen LogP contribution is -2.47. The molecule has 2 aliphatic rings. The molecule has 0 aromatic heterocycles. The van der Waals surface area contributed by atoms with Crippen molar-refractivity contribution in [3.8, 4) is 0 Å². The third-order valence-electron chi connectivity index (χ3n) is 6.64. The molecular weight excluding hydrogens is 360 g/mol. The molecule has 1 aliphatic carbocycles. The van der Waals surface area contributed by atoms with Crippen molar-refractivity contribution >= 4 is 20.3 Å². The molecule has 0 amide bonds. The van der Waals surface area contributed by atoms with Gasteiger partial charge in [-0.25, -0.2) is 0 Å². The first-order valence-corrected chi connectivity index (χ1v) is 13.0. The minimum absolute atomic E-state index is 0.0546. The van der Waals surface area contributed by atoms with Gasteiger partial charge in [-0.15, -0.1) is 0 Å². The highest BCUT2D eigenvalue weighted by molar-refractivity contribution is 6.74. The molecule has 0 saturated carbocycles. The normalized spacial score (nSPS) is 31.2. The van der Waals surface area contributed by atoms with Crippen LogP contribution in [0.15, 0.2) is 11.6 Å². The monoisotopic (exact) mass is 396 g/mol. The first-order chi connectivity index (χ1) is 12.4. The zero-order valence-corrected chi connectivity index (χ0v) is 19.1. The summed E-state index contributed by atoms with van der Waals surface area (Å²) < 4.78 is 17.4. The summed E-state index contributed by atoms with van der Waals surface area (Å²) in [6, 6.07) is 0. The van der Waals surface area contributed by atoms with E-state index in [1.807, 2.05) is 13.8 Å². The van der Waals surface area contributed by atoms with Gasteiger partial charge in [-0.3, -0.25) is 9.59 Å². The molecule has 0 unspecified atom stereocenters. The number of hydrogen-bond donors (Lipinski definition) is 0. The molecule has 1 aliphatic heterocycles. The summed E-state index contributed by atoms with van der Waals surface area (Å²) in [6.45, 7) is 17.6. The van der Waals surface area contributed by atoms with E-state index in [0.29, 0.717) is 13.2 Å². The lowest BCUT2D eigenvalue weighted by Gasteiger charge is -2.40. The highest BCUT2D eigenvalue weighted by Crippen LogP contribution is 2.47. The number of carbonyl (C=O) groups is 2. The van der Waals surface area contributed by atoms with Crippen LogP contribution >= 0.6 is 0 Å². The van der Waals surface area contributed by atoms with E-state index in [1.165, 1.54) is 0 Å². The first-order valence-electron chi connectivity index (χ1n) is 10.1. The number of esters is 2. The van der Waals surface area contributed by atoms with Crippen LogP contribution in [0.2, 0.25) is 18.1 Å². The molecule has 6 heteroatoms. The maximum atomic E-state index is 12.9. The van der Waals surface area contributed by atoms with Crippen LogP contribution in [-0.4, -0.2) is 39.6 Å². The number of fused-ring (bicyclic) bond motifs is 1. The lowest BCUT2D eigenvalue weighted by atomic mass is 9.67. The zero-order valence-electron chi connectivity index (χ0n) is 18.1. The molecule has 1 heterocycles. The molecule has 0 bridgehead atoms. The quantitative estimate of drug-likeness (QED) is 0.380. The Morgan fingerprint density at radius 1 is 1.26 bits per heavy atom. The molecule has 0 aromatic rings. The van der Waals surface area contributed by atoms with Gasteiger partial charge in [0.1, 0.15) is 6.10 Å². The number of hydrogen-bond acceptors (Lipinski definition) is 5. The highest BCUT2D eigenvalue weighted by atomic mass is 28.4. The average molecular weight is 397 g/mol. The number of cyclic esters (lactones) is 1. The molecule has 1 fully saturated rings. The fraction of sp³-hybridized carbons (Fsp3) is 0.810. The summed E-state index contributed by atoms with van der Waals surface area (Å²) >= 11 is 0. The predicted octanol–water partition coefficient (Wildman–Crippen LogP) is 4.33. The van der Waals surface area contributed by atoms with Crippen LogP contribution in [0.3, 0.4) is 0 Å². The number of ether oxygens (including phenoxy) is 2. The fourth-order valence-corrected chi connectivity index (χ4v) is 4.94. The van der Waals surface area contributed by atoms with Crippen LogP contribution in [0.25, 0.3) is 0 Å². The first kappa shape index (κ1) is 22.1. The second-order valence-electron chi connectivity index (χ2n) is 9.35. The Labute approximate surface area is 165 Å². The third kappa shape index (κ3) is 4.32. The Hall–Kier alpha value is -1.14. The minimum Gasteiger partial charge on any atom is -0.466 e. The Balaban J connectivity index is 2.34. The Morgan fingerprint density at radius 3 is 2.41 bits per heavy atom. The Kier molecular flexibility index (Phi) is 6.62. The molecule has 0 radical (unpaired) electrons. The largest absolute Gasteiger partial charge is 0.466 e. The summed E-state index contributed by atoms with van der Waals surface area (Å²) in [4.78, 5) is 25.5. The van der Waals surface area contributed by atoms with E-state index < -0.39 is 20.2 Å². The lowest BCUT2D eigenvalue weighted by molar-refractivity contribution is -0.159. The average Bonchev–Trinajstić information content (AvgIpc) is 2.87. The van der Waals surface area contributed by atoms with Gasteiger partial charge in [-0.05, 0) is 38.4 Å². The molecular formula is C21H36O5Si. The summed E-state index contributed by atoms with van der Waals surface area (Å²) in [5, 5.41) is 0.0842. The van der Waals surface area contributed by atoms with E-state index in [9.17, 15) is 9.59 Å². The Bertz CT molecular complexity index is 604. The van der Waals surface area contributed by atoms with Gasteiger partial charge in [0, 0.05) is 18.4 Å². The van der Waals surface area contributed by atoms with Gasteiger partial charge in [0.2, 0.25) is 0 Å². The van der Waals surface area contributed by atoms with Crippen LogP contribution in [0.4, 0.5) is 0 Å². The number of rotatable bonds is 6. The van der Waals surface area contributed by atoms with Crippen LogP contribution in [-0.2, 0) is 23.5 Å². The fourth-order valence-electron chi connectivity index (χ4n) is 3.91. The van der Waals surface area contributed by atoms with Crippen molar-refractivity contribution in [3.05, 3.63) is 11.6 Å². The third-order valence-corrected chi connectivity index (χ3v) is 11.1. The van der Waals surface area contributed by atoms with Gasteiger partial charge in [0.05, 0.1) is 18.4 Å². The smallest absolute Gasteiger partial charge is 0.310 e. The number of carbonyl (C=O) groups excluding carboxylic acids is 2. The van der Waals surface area contributed by atoms with Crippen molar-refractivity contribution < 1.29 is 23.5 Å². The van der Waals surface area contributed by atoms with Gasteiger partial charge in [0.25, 0.3) is 0 Å². The van der Waals surface area contributed by atoms with Gasteiger partial charge in [0.15, 0.2) is 8.32 Å². The second-order valence-corrected chi connectivity index (χ2v) is 14.2. The molecule has 27 heavy (non-hydrogen) atoms. The van der Waals surface area contributed by atoms with Gasteiger partial charge in [-0.2, -0.15) is 0 Å². The van der Waals surface area contributed by atoms with Crippen molar-refractivity contribution in [2.75, 3.05) is 13.2 Å². The zero-order chi connectivity index (χ0) is 20.6. The maximum Gasteiger partial charge on any atom is 0.310 e. The Morgan fingerprint density at radius 2 is 1.89 bits per heavy atom. The highest BCUT2D eigenvalue weighted by Gasteiger charge is 2.55. The van der Waals surface area contributed by atoms with Crippen LogP contribution < -0.4 is 0 Å². The molecule has 0 spiro atoms. The molecule has 5 atom stereocenters. The maximum absolute atomic E-state index is 12.9. The van der Waals surface area contributed by atoms with Gasteiger partial charge < -0.3 is 13.9 Å².